The molecule has 0 aliphatic rings. The molecule has 0 fully saturated rings. The highest BCUT2D eigenvalue weighted by Crippen LogP contribution is 2.14. The fourth-order valence-electron chi connectivity index (χ4n) is 2.03. The van der Waals surface area contributed by atoms with Crippen molar-refractivity contribution in [2.75, 3.05) is 13.7 Å². The van der Waals surface area contributed by atoms with Crippen molar-refractivity contribution < 1.29 is 4.74 Å². The summed E-state index contributed by atoms with van der Waals surface area (Å²) in [6.45, 7) is 4.53. The zero-order valence-corrected chi connectivity index (χ0v) is 11.5. The predicted octanol–water partition coefficient (Wildman–Crippen LogP) is 3.11. The van der Waals surface area contributed by atoms with Gasteiger partial charge in [0.1, 0.15) is 5.75 Å². The Kier molecular flexibility index (Phi) is 4.93. The quantitative estimate of drug-likeness (QED) is 0.794. The molecule has 2 aromatic rings. The fraction of sp³-hybridized carbons (Fsp3) is 0.312. The molecule has 0 bridgehead atoms. The number of hydrogen-bond donors (Lipinski definition) is 0. The third-order valence-corrected chi connectivity index (χ3v) is 2.86. The fourth-order valence-corrected chi connectivity index (χ4v) is 2.03. The van der Waals surface area contributed by atoms with Gasteiger partial charge in [0.05, 0.1) is 6.61 Å². The van der Waals surface area contributed by atoms with Gasteiger partial charge in [0, 0.05) is 25.5 Å². The van der Waals surface area contributed by atoms with E-state index in [0.717, 1.165) is 18.8 Å². The predicted molar refractivity (Wildman–Crippen MR) is 77.0 cm³/mol. The van der Waals surface area contributed by atoms with Crippen molar-refractivity contribution in [2.24, 2.45) is 0 Å². The average molecular weight is 256 g/mol. The van der Waals surface area contributed by atoms with Crippen molar-refractivity contribution >= 4 is 0 Å². The molecule has 100 valence electrons. The van der Waals surface area contributed by atoms with E-state index in [1.807, 2.05) is 31.3 Å². The first kappa shape index (κ1) is 13.6. The maximum atomic E-state index is 5.44. The molecule has 0 spiro atoms. The van der Waals surface area contributed by atoms with Crippen molar-refractivity contribution in [3.63, 3.8) is 0 Å². The Hall–Kier alpha value is -1.87. The van der Waals surface area contributed by atoms with Gasteiger partial charge in [0.25, 0.3) is 0 Å². The molecule has 0 saturated carbocycles. The minimum Gasteiger partial charge on any atom is -0.494 e. The molecule has 2 rings (SSSR count). The Morgan fingerprint density at radius 2 is 1.79 bits per heavy atom. The number of aromatic nitrogens is 1. The van der Waals surface area contributed by atoms with Gasteiger partial charge in [-0.15, -0.1) is 0 Å². The second-order valence-corrected chi connectivity index (χ2v) is 4.61. The molecule has 0 radical (unpaired) electrons. The number of benzene rings is 1. The van der Waals surface area contributed by atoms with Crippen LogP contribution in [0.1, 0.15) is 18.1 Å². The van der Waals surface area contributed by atoms with Crippen LogP contribution in [0.4, 0.5) is 0 Å². The van der Waals surface area contributed by atoms with E-state index in [1.54, 1.807) is 6.20 Å². The van der Waals surface area contributed by atoms with Crippen LogP contribution in [0.5, 0.6) is 5.75 Å². The van der Waals surface area contributed by atoms with Crippen LogP contribution in [0.15, 0.2) is 48.8 Å². The molecule has 3 heteroatoms. The molecule has 1 aromatic heterocycles. The van der Waals surface area contributed by atoms with Gasteiger partial charge in [-0.05, 0) is 43.3 Å². The van der Waals surface area contributed by atoms with Gasteiger partial charge in [-0.1, -0.05) is 18.2 Å². The van der Waals surface area contributed by atoms with Gasteiger partial charge in [-0.3, -0.25) is 9.88 Å². The van der Waals surface area contributed by atoms with E-state index in [0.29, 0.717) is 6.61 Å². The summed E-state index contributed by atoms with van der Waals surface area (Å²) in [7, 11) is 2.11. The van der Waals surface area contributed by atoms with Gasteiger partial charge in [-0.2, -0.15) is 0 Å². The number of ether oxygens (including phenoxy) is 1. The average Bonchev–Trinajstić information content (AvgIpc) is 2.42. The highest BCUT2D eigenvalue weighted by Gasteiger charge is 2.02. The molecule has 1 heterocycles. The third-order valence-electron chi connectivity index (χ3n) is 2.86. The zero-order chi connectivity index (χ0) is 13.5. The molecule has 3 nitrogen and oxygen atoms in total. The molecule has 0 N–H and O–H groups in total. The maximum Gasteiger partial charge on any atom is 0.119 e. The van der Waals surface area contributed by atoms with Crippen LogP contribution >= 0.6 is 0 Å². The number of nitrogens with zero attached hydrogens (tertiary/aromatic N) is 2. The number of pyridine rings is 1. The van der Waals surface area contributed by atoms with Gasteiger partial charge in [-0.25, -0.2) is 0 Å². The van der Waals surface area contributed by atoms with Crippen LogP contribution in [0.2, 0.25) is 0 Å². The minimum absolute atomic E-state index is 0.709. The summed E-state index contributed by atoms with van der Waals surface area (Å²) in [6.07, 6.45) is 3.71. The van der Waals surface area contributed by atoms with Crippen LogP contribution < -0.4 is 4.74 Å². The van der Waals surface area contributed by atoms with Crippen molar-refractivity contribution in [2.45, 2.75) is 20.0 Å². The minimum atomic E-state index is 0.709. The zero-order valence-electron chi connectivity index (χ0n) is 11.5. The van der Waals surface area contributed by atoms with Crippen LogP contribution in [-0.4, -0.2) is 23.5 Å². The SMILES string of the molecule is CCOc1ccc(CN(C)Cc2cccnc2)cc1. The van der Waals surface area contributed by atoms with Crippen LogP contribution in [-0.2, 0) is 13.1 Å². The molecule has 0 unspecified atom stereocenters. The number of hydrogen-bond acceptors (Lipinski definition) is 3. The second-order valence-electron chi connectivity index (χ2n) is 4.61. The summed E-state index contributed by atoms with van der Waals surface area (Å²) in [6, 6.07) is 12.4. The summed E-state index contributed by atoms with van der Waals surface area (Å²) in [5.41, 5.74) is 2.52. The summed E-state index contributed by atoms with van der Waals surface area (Å²) in [4.78, 5) is 6.40. The summed E-state index contributed by atoms with van der Waals surface area (Å²) < 4.78 is 5.44. The number of rotatable bonds is 6. The second kappa shape index (κ2) is 6.90. The Morgan fingerprint density at radius 3 is 2.42 bits per heavy atom. The lowest BCUT2D eigenvalue weighted by atomic mass is 10.2. The molecule has 0 aliphatic carbocycles. The van der Waals surface area contributed by atoms with Crippen molar-refractivity contribution in [3.05, 3.63) is 59.9 Å². The van der Waals surface area contributed by atoms with Gasteiger partial charge >= 0.3 is 0 Å². The van der Waals surface area contributed by atoms with Crippen molar-refractivity contribution in [1.29, 1.82) is 0 Å². The molecular formula is C16H20N2O. The standard InChI is InChI=1S/C16H20N2O/c1-3-19-16-8-6-14(7-9-16)12-18(2)13-15-5-4-10-17-11-15/h4-11H,3,12-13H2,1-2H3. The van der Waals surface area contributed by atoms with E-state index in [4.69, 9.17) is 4.74 Å². The van der Waals surface area contributed by atoms with Crippen molar-refractivity contribution in [3.8, 4) is 5.75 Å². The monoisotopic (exact) mass is 256 g/mol. The van der Waals surface area contributed by atoms with Gasteiger partial charge in [0.15, 0.2) is 0 Å². The first-order valence-corrected chi connectivity index (χ1v) is 6.57. The normalized spacial score (nSPS) is 10.7. The Morgan fingerprint density at radius 1 is 1.05 bits per heavy atom. The van der Waals surface area contributed by atoms with Crippen LogP contribution in [0.25, 0.3) is 0 Å². The smallest absolute Gasteiger partial charge is 0.119 e. The first-order chi connectivity index (χ1) is 9.28. The van der Waals surface area contributed by atoms with Crippen molar-refractivity contribution in [1.82, 2.24) is 9.88 Å². The lowest BCUT2D eigenvalue weighted by Crippen LogP contribution is -2.17. The molecule has 0 saturated heterocycles. The first-order valence-electron chi connectivity index (χ1n) is 6.57. The largest absolute Gasteiger partial charge is 0.494 e. The molecular weight excluding hydrogens is 236 g/mol. The Bertz CT molecular complexity index is 482. The Labute approximate surface area is 114 Å². The van der Waals surface area contributed by atoms with E-state index < -0.39 is 0 Å². The molecule has 0 amide bonds. The molecule has 0 aliphatic heterocycles. The highest BCUT2D eigenvalue weighted by molar-refractivity contribution is 5.27. The topological polar surface area (TPSA) is 25.4 Å². The summed E-state index contributed by atoms with van der Waals surface area (Å²) in [5.74, 6) is 0.932. The summed E-state index contributed by atoms with van der Waals surface area (Å²) >= 11 is 0. The van der Waals surface area contributed by atoms with Gasteiger partial charge in [0.2, 0.25) is 0 Å². The highest BCUT2D eigenvalue weighted by atomic mass is 16.5. The molecule has 0 atom stereocenters. The van der Waals surface area contributed by atoms with E-state index in [-0.39, 0.29) is 0 Å². The third kappa shape index (κ3) is 4.38. The summed E-state index contributed by atoms with van der Waals surface area (Å²) in [5, 5.41) is 0. The van der Waals surface area contributed by atoms with E-state index >= 15 is 0 Å². The Balaban J connectivity index is 1.89. The molecule has 1 aromatic carbocycles. The van der Waals surface area contributed by atoms with Crippen LogP contribution in [0.3, 0.4) is 0 Å². The lowest BCUT2D eigenvalue weighted by Gasteiger charge is -2.16. The lowest BCUT2D eigenvalue weighted by molar-refractivity contribution is 0.317. The van der Waals surface area contributed by atoms with E-state index in [2.05, 4.69) is 35.1 Å². The van der Waals surface area contributed by atoms with E-state index in [9.17, 15) is 0 Å². The van der Waals surface area contributed by atoms with Crippen LogP contribution in [0, 0.1) is 0 Å². The molecule has 19 heavy (non-hydrogen) atoms. The van der Waals surface area contributed by atoms with E-state index in [1.165, 1.54) is 11.1 Å². The van der Waals surface area contributed by atoms with Gasteiger partial charge < -0.3 is 4.74 Å². The maximum absolute atomic E-state index is 5.44.